The third kappa shape index (κ3) is 1.76. The van der Waals surface area contributed by atoms with Crippen LogP contribution in [0.1, 0.15) is 0 Å². The van der Waals surface area contributed by atoms with Crippen molar-refractivity contribution in [3.05, 3.63) is 24.3 Å². The number of amides is 1. The number of nitrogens with one attached hydrogen (secondary N) is 1. The van der Waals surface area contributed by atoms with E-state index in [1.807, 2.05) is 18.2 Å². The van der Waals surface area contributed by atoms with Gasteiger partial charge >= 0.3 is 0 Å². The van der Waals surface area contributed by atoms with E-state index in [2.05, 4.69) is 21.3 Å². The van der Waals surface area contributed by atoms with Crippen molar-refractivity contribution in [2.75, 3.05) is 25.0 Å². The molecule has 1 fully saturated rings. The average Bonchev–Trinajstić information content (AvgIpc) is 2.69. The summed E-state index contributed by atoms with van der Waals surface area (Å²) in [6, 6.07) is 8.11. The molecule has 3 rings (SSSR count). The van der Waals surface area contributed by atoms with Crippen molar-refractivity contribution in [3.63, 3.8) is 0 Å². The molecule has 0 unspecified atom stereocenters. The summed E-state index contributed by atoms with van der Waals surface area (Å²) >= 11 is 1.69. The lowest BCUT2D eigenvalue weighted by atomic mass is 10.0. The van der Waals surface area contributed by atoms with E-state index in [1.54, 1.807) is 18.4 Å². The van der Waals surface area contributed by atoms with Gasteiger partial charge in [0.2, 0.25) is 5.91 Å². The third-order valence-electron chi connectivity index (χ3n) is 3.05. The maximum atomic E-state index is 11.4. The molecule has 0 aliphatic carbocycles. The van der Waals surface area contributed by atoms with Gasteiger partial charge in [0.05, 0.1) is 16.1 Å². The summed E-state index contributed by atoms with van der Waals surface area (Å²) in [5.41, 5.74) is 1.04. The summed E-state index contributed by atoms with van der Waals surface area (Å²) in [5.74, 6) is 0.245. The molecule has 88 valence electrons. The van der Waals surface area contributed by atoms with Gasteiger partial charge in [-0.1, -0.05) is 23.5 Å². The summed E-state index contributed by atoms with van der Waals surface area (Å²) in [6.07, 6.45) is 0. The average molecular weight is 247 g/mol. The van der Waals surface area contributed by atoms with E-state index in [9.17, 15) is 4.79 Å². The van der Waals surface area contributed by atoms with Crippen molar-refractivity contribution < 1.29 is 4.79 Å². The molecule has 5 heteroatoms. The van der Waals surface area contributed by atoms with Gasteiger partial charge in [-0.05, 0) is 12.1 Å². The molecular weight excluding hydrogens is 234 g/mol. The number of nitrogens with zero attached hydrogens (tertiary/aromatic N) is 2. The van der Waals surface area contributed by atoms with Crippen LogP contribution in [0.15, 0.2) is 24.3 Å². The first-order valence-corrected chi connectivity index (χ1v) is 6.41. The first kappa shape index (κ1) is 10.5. The molecule has 4 nitrogen and oxygen atoms in total. The van der Waals surface area contributed by atoms with E-state index in [1.165, 1.54) is 4.70 Å². The van der Waals surface area contributed by atoms with Gasteiger partial charge < -0.3 is 10.2 Å². The zero-order valence-electron chi connectivity index (χ0n) is 9.51. The number of aromatic nitrogens is 1. The Morgan fingerprint density at radius 1 is 1.47 bits per heavy atom. The van der Waals surface area contributed by atoms with Crippen molar-refractivity contribution >= 4 is 32.6 Å². The number of anilines is 1. The van der Waals surface area contributed by atoms with Crippen LogP contribution in [0.3, 0.4) is 0 Å². The number of carbonyl (C=O) groups is 1. The Bertz CT molecular complexity index is 527. The van der Waals surface area contributed by atoms with Gasteiger partial charge in [0.1, 0.15) is 0 Å². The molecule has 0 bridgehead atoms. The van der Waals surface area contributed by atoms with Crippen molar-refractivity contribution in [2.45, 2.75) is 0 Å². The van der Waals surface area contributed by atoms with Crippen LogP contribution in [0, 0.1) is 5.92 Å². The van der Waals surface area contributed by atoms with Crippen LogP contribution >= 0.6 is 11.3 Å². The molecule has 1 aliphatic rings. The Hall–Kier alpha value is -1.62. The lowest BCUT2D eigenvalue weighted by Gasteiger charge is -2.37. The van der Waals surface area contributed by atoms with E-state index >= 15 is 0 Å². The first-order chi connectivity index (χ1) is 8.28. The third-order valence-corrected chi connectivity index (χ3v) is 4.15. The fourth-order valence-corrected chi connectivity index (χ4v) is 2.98. The molecule has 2 heterocycles. The fourth-order valence-electron chi connectivity index (χ4n) is 2.00. The Balaban J connectivity index is 1.76. The van der Waals surface area contributed by atoms with Crippen molar-refractivity contribution in [3.8, 4) is 0 Å². The van der Waals surface area contributed by atoms with Gasteiger partial charge in [-0.3, -0.25) is 4.79 Å². The quantitative estimate of drug-likeness (QED) is 0.874. The Labute approximate surface area is 103 Å². The monoisotopic (exact) mass is 247 g/mol. The van der Waals surface area contributed by atoms with Gasteiger partial charge in [-0.15, -0.1) is 0 Å². The smallest absolute Gasteiger partial charge is 0.226 e. The molecule has 0 radical (unpaired) electrons. The van der Waals surface area contributed by atoms with Gasteiger partial charge in [-0.25, -0.2) is 4.98 Å². The predicted octanol–water partition coefficient (Wildman–Crippen LogP) is 1.48. The summed E-state index contributed by atoms with van der Waals surface area (Å²) in [6.45, 7) is 1.55. The topological polar surface area (TPSA) is 45.2 Å². The molecule has 1 aromatic heterocycles. The van der Waals surface area contributed by atoms with Crippen LogP contribution in [0.2, 0.25) is 0 Å². The largest absolute Gasteiger partial charge is 0.359 e. The normalized spacial score (nSPS) is 15.9. The SMILES string of the molecule is CNC(=O)C1CN(c2nc3ccccc3s2)C1. The molecule has 0 spiro atoms. The maximum absolute atomic E-state index is 11.4. The number of hydrogen-bond acceptors (Lipinski definition) is 4. The summed E-state index contributed by atoms with van der Waals surface area (Å²) in [4.78, 5) is 18.1. The highest BCUT2D eigenvalue weighted by atomic mass is 32.1. The number of thiazole rings is 1. The van der Waals surface area contributed by atoms with E-state index in [4.69, 9.17) is 0 Å². The second-order valence-electron chi connectivity index (χ2n) is 4.18. The molecule has 1 amide bonds. The van der Waals surface area contributed by atoms with Crippen LogP contribution in [0.5, 0.6) is 0 Å². The number of para-hydroxylation sites is 1. The minimum Gasteiger partial charge on any atom is -0.359 e. The summed E-state index contributed by atoms with van der Waals surface area (Å²) in [5, 5.41) is 3.70. The van der Waals surface area contributed by atoms with Gasteiger partial charge in [0.15, 0.2) is 5.13 Å². The number of benzene rings is 1. The zero-order valence-corrected chi connectivity index (χ0v) is 10.3. The Morgan fingerprint density at radius 3 is 2.94 bits per heavy atom. The second-order valence-corrected chi connectivity index (χ2v) is 5.19. The fraction of sp³-hybridized carbons (Fsp3) is 0.333. The van der Waals surface area contributed by atoms with Gasteiger partial charge in [0, 0.05) is 20.1 Å². The Morgan fingerprint density at radius 2 is 2.24 bits per heavy atom. The van der Waals surface area contributed by atoms with E-state index in [0.717, 1.165) is 23.7 Å². The second kappa shape index (κ2) is 4.00. The molecule has 1 aliphatic heterocycles. The Kier molecular flexibility index (Phi) is 2.48. The van der Waals surface area contributed by atoms with E-state index < -0.39 is 0 Å². The van der Waals surface area contributed by atoms with Crippen LogP contribution in [0.25, 0.3) is 10.2 Å². The maximum Gasteiger partial charge on any atom is 0.226 e. The lowest BCUT2D eigenvalue weighted by Crippen LogP contribution is -2.53. The first-order valence-electron chi connectivity index (χ1n) is 5.60. The number of carbonyl (C=O) groups excluding carboxylic acids is 1. The number of hydrogen-bond donors (Lipinski definition) is 1. The molecule has 0 atom stereocenters. The lowest BCUT2D eigenvalue weighted by molar-refractivity contribution is -0.125. The molecule has 17 heavy (non-hydrogen) atoms. The highest BCUT2D eigenvalue weighted by Gasteiger charge is 2.33. The minimum atomic E-state index is 0.118. The van der Waals surface area contributed by atoms with Crippen molar-refractivity contribution in [1.82, 2.24) is 10.3 Å². The van der Waals surface area contributed by atoms with E-state index in [0.29, 0.717) is 0 Å². The highest BCUT2D eigenvalue weighted by Crippen LogP contribution is 2.32. The molecule has 2 aromatic rings. The summed E-state index contributed by atoms with van der Waals surface area (Å²) in [7, 11) is 1.68. The number of rotatable bonds is 2. The zero-order chi connectivity index (χ0) is 11.8. The van der Waals surface area contributed by atoms with Gasteiger partial charge in [0.25, 0.3) is 0 Å². The highest BCUT2D eigenvalue weighted by molar-refractivity contribution is 7.22. The molecule has 1 N–H and O–H groups in total. The molecule has 0 saturated carbocycles. The van der Waals surface area contributed by atoms with Crippen molar-refractivity contribution in [1.29, 1.82) is 0 Å². The van der Waals surface area contributed by atoms with Crippen LogP contribution in [-0.2, 0) is 4.79 Å². The van der Waals surface area contributed by atoms with Gasteiger partial charge in [-0.2, -0.15) is 0 Å². The number of fused-ring (bicyclic) bond motifs is 1. The van der Waals surface area contributed by atoms with E-state index in [-0.39, 0.29) is 11.8 Å². The molecule has 1 aromatic carbocycles. The summed E-state index contributed by atoms with van der Waals surface area (Å²) < 4.78 is 1.20. The molecule has 1 saturated heterocycles. The van der Waals surface area contributed by atoms with Crippen molar-refractivity contribution in [2.24, 2.45) is 5.92 Å². The minimum absolute atomic E-state index is 0.118. The standard InChI is InChI=1S/C12H13N3OS/c1-13-11(16)8-6-15(7-8)12-14-9-4-2-3-5-10(9)17-12/h2-5,8H,6-7H2,1H3,(H,13,16). The molecular formula is C12H13N3OS. The van der Waals surface area contributed by atoms with Crippen LogP contribution < -0.4 is 10.2 Å². The predicted molar refractivity (Wildman–Crippen MR) is 69.4 cm³/mol. The van der Waals surface area contributed by atoms with Crippen LogP contribution in [-0.4, -0.2) is 31.0 Å². The van der Waals surface area contributed by atoms with Crippen LogP contribution in [0.4, 0.5) is 5.13 Å².